The zero-order valence-corrected chi connectivity index (χ0v) is 14.3. The summed E-state index contributed by atoms with van der Waals surface area (Å²) in [5, 5.41) is 9.96. The fraction of sp³-hybridized carbons (Fsp3) is 0.643. The molecule has 1 aromatic heterocycles. The van der Waals surface area contributed by atoms with Gasteiger partial charge in [-0.2, -0.15) is 5.10 Å². The molecule has 130 valence electrons. The molecule has 0 aromatic carbocycles. The number of morpholine rings is 1. The smallest absolute Gasteiger partial charge is 0.333 e. The molecule has 2 rings (SSSR count). The summed E-state index contributed by atoms with van der Waals surface area (Å²) in [5.74, 6) is -0.614. The van der Waals surface area contributed by atoms with E-state index in [1.165, 1.54) is 10.9 Å². The Balaban J connectivity index is 0.00000264. The van der Waals surface area contributed by atoms with Crippen LogP contribution in [0.3, 0.4) is 0 Å². The number of nitrogens with zero attached hydrogens (tertiary/aromatic N) is 2. The average molecular weight is 347 g/mol. The Morgan fingerprint density at radius 3 is 2.91 bits per heavy atom. The monoisotopic (exact) mass is 346 g/mol. The van der Waals surface area contributed by atoms with Crippen molar-refractivity contribution < 1.29 is 19.1 Å². The van der Waals surface area contributed by atoms with E-state index in [2.05, 4.69) is 15.7 Å². The van der Waals surface area contributed by atoms with Gasteiger partial charge < -0.3 is 20.1 Å². The molecule has 9 heteroatoms. The van der Waals surface area contributed by atoms with Crippen LogP contribution in [-0.2, 0) is 24.6 Å². The fourth-order valence-electron chi connectivity index (χ4n) is 2.05. The molecule has 0 bridgehead atoms. The molecule has 1 amide bonds. The lowest BCUT2D eigenvalue weighted by molar-refractivity contribution is -0.152. The number of carbonyl (C=O) groups excluding carboxylic acids is 2. The number of aromatic nitrogens is 2. The van der Waals surface area contributed by atoms with Crippen LogP contribution in [0.4, 0.5) is 5.69 Å². The average Bonchev–Trinajstić information content (AvgIpc) is 2.97. The van der Waals surface area contributed by atoms with Crippen LogP contribution in [-0.4, -0.2) is 54.1 Å². The third-order valence-corrected chi connectivity index (χ3v) is 3.42. The van der Waals surface area contributed by atoms with Crippen molar-refractivity contribution in [2.75, 3.05) is 31.6 Å². The lowest BCUT2D eigenvalue weighted by atomic mass is 10.1. The minimum atomic E-state index is -0.943. The number of ether oxygens (including phenoxy) is 2. The lowest BCUT2D eigenvalue weighted by Crippen LogP contribution is -2.45. The van der Waals surface area contributed by atoms with E-state index < -0.39 is 11.6 Å². The molecule has 0 saturated carbocycles. The van der Waals surface area contributed by atoms with Gasteiger partial charge in [-0.05, 0) is 20.8 Å². The maximum absolute atomic E-state index is 12.1. The van der Waals surface area contributed by atoms with E-state index in [0.717, 1.165) is 6.54 Å². The number of hydrogen-bond acceptors (Lipinski definition) is 6. The number of halogens is 1. The molecule has 2 N–H and O–H groups in total. The van der Waals surface area contributed by atoms with Crippen molar-refractivity contribution in [1.82, 2.24) is 15.1 Å². The van der Waals surface area contributed by atoms with Crippen LogP contribution in [0.2, 0.25) is 0 Å². The minimum Gasteiger partial charge on any atom is -0.464 e. The number of carbonyl (C=O) groups is 2. The van der Waals surface area contributed by atoms with Gasteiger partial charge in [0.1, 0.15) is 6.10 Å². The summed E-state index contributed by atoms with van der Waals surface area (Å²) in [7, 11) is 0. The first-order valence-electron chi connectivity index (χ1n) is 7.30. The summed E-state index contributed by atoms with van der Waals surface area (Å²) in [4.78, 5) is 24.0. The number of rotatable bonds is 5. The molecule has 8 nitrogen and oxygen atoms in total. The third-order valence-electron chi connectivity index (χ3n) is 3.42. The molecule has 0 spiro atoms. The van der Waals surface area contributed by atoms with Crippen molar-refractivity contribution in [2.24, 2.45) is 0 Å². The van der Waals surface area contributed by atoms with E-state index in [9.17, 15) is 9.59 Å². The van der Waals surface area contributed by atoms with Gasteiger partial charge in [-0.1, -0.05) is 0 Å². The minimum absolute atomic E-state index is 0. The van der Waals surface area contributed by atoms with Gasteiger partial charge >= 0.3 is 5.97 Å². The molecule has 1 aromatic rings. The van der Waals surface area contributed by atoms with Gasteiger partial charge in [-0.15, -0.1) is 12.4 Å². The fourth-order valence-corrected chi connectivity index (χ4v) is 2.05. The highest BCUT2D eigenvalue weighted by Gasteiger charge is 2.32. The Labute approximate surface area is 141 Å². The first-order chi connectivity index (χ1) is 10.4. The van der Waals surface area contributed by atoms with Crippen LogP contribution in [0.15, 0.2) is 12.4 Å². The second-order valence-electron chi connectivity index (χ2n) is 5.51. The van der Waals surface area contributed by atoms with E-state index in [0.29, 0.717) is 25.4 Å². The largest absolute Gasteiger partial charge is 0.464 e. The van der Waals surface area contributed by atoms with Gasteiger partial charge in [-0.3, -0.25) is 9.48 Å². The first kappa shape index (κ1) is 19.4. The number of hydrogen-bond donors (Lipinski definition) is 2. The van der Waals surface area contributed by atoms with Gasteiger partial charge in [-0.25, -0.2) is 4.79 Å². The summed E-state index contributed by atoms with van der Waals surface area (Å²) in [5.41, 5.74) is -0.432. The molecular formula is C14H23ClN4O4. The summed E-state index contributed by atoms with van der Waals surface area (Å²) in [6.07, 6.45) is 2.58. The topological polar surface area (TPSA) is 94.5 Å². The molecule has 1 atom stereocenters. The SMILES string of the molecule is CCOC(=O)C(C)(C)n1cc(NC(=O)C2CNCCO2)cn1.Cl. The molecule has 23 heavy (non-hydrogen) atoms. The molecule has 0 aliphatic carbocycles. The molecular weight excluding hydrogens is 324 g/mol. The number of anilines is 1. The maximum Gasteiger partial charge on any atom is 0.333 e. The van der Waals surface area contributed by atoms with Crippen LogP contribution in [0.5, 0.6) is 0 Å². The van der Waals surface area contributed by atoms with Gasteiger partial charge in [0.25, 0.3) is 5.91 Å². The summed E-state index contributed by atoms with van der Waals surface area (Å²) >= 11 is 0. The van der Waals surface area contributed by atoms with E-state index in [4.69, 9.17) is 9.47 Å². The Kier molecular flexibility index (Phi) is 6.99. The zero-order chi connectivity index (χ0) is 16.2. The van der Waals surface area contributed by atoms with Crippen molar-refractivity contribution >= 4 is 30.0 Å². The van der Waals surface area contributed by atoms with Crippen molar-refractivity contribution in [2.45, 2.75) is 32.4 Å². The third kappa shape index (κ3) is 4.66. The molecule has 2 heterocycles. The summed E-state index contributed by atoms with van der Waals surface area (Å²) in [6, 6.07) is 0. The van der Waals surface area contributed by atoms with Crippen molar-refractivity contribution in [3.8, 4) is 0 Å². The van der Waals surface area contributed by atoms with Gasteiger partial charge in [0.2, 0.25) is 0 Å². The predicted octanol–water partition coefficient (Wildman–Crippen LogP) is 0.530. The van der Waals surface area contributed by atoms with Crippen molar-refractivity contribution in [3.63, 3.8) is 0 Å². The Bertz CT molecular complexity index is 541. The van der Waals surface area contributed by atoms with Gasteiger partial charge in [0, 0.05) is 19.3 Å². The highest BCUT2D eigenvalue weighted by Crippen LogP contribution is 2.19. The molecule has 1 unspecified atom stereocenters. The Hall–Kier alpha value is -1.64. The van der Waals surface area contributed by atoms with Crippen LogP contribution in [0.25, 0.3) is 0 Å². The molecule has 1 saturated heterocycles. The van der Waals surface area contributed by atoms with E-state index in [1.54, 1.807) is 27.0 Å². The highest BCUT2D eigenvalue weighted by atomic mass is 35.5. The Morgan fingerprint density at radius 1 is 1.57 bits per heavy atom. The van der Waals surface area contributed by atoms with E-state index in [1.807, 2.05) is 0 Å². The first-order valence-corrected chi connectivity index (χ1v) is 7.30. The summed E-state index contributed by atoms with van der Waals surface area (Å²) in [6.45, 7) is 7.20. The second kappa shape index (κ2) is 8.28. The van der Waals surface area contributed by atoms with E-state index in [-0.39, 0.29) is 24.3 Å². The predicted molar refractivity (Wildman–Crippen MR) is 86.7 cm³/mol. The van der Waals surface area contributed by atoms with Crippen LogP contribution in [0.1, 0.15) is 20.8 Å². The number of esters is 1. The summed E-state index contributed by atoms with van der Waals surface area (Å²) < 4.78 is 11.9. The second-order valence-corrected chi connectivity index (χ2v) is 5.51. The molecule has 1 fully saturated rings. The van der Waals surface area contributed by atoms with Gasteiger partial charge in [0.05, 0.1) is 25.1 Å². The normalized spacial score (nSPS) is 18.0. The lowest BCUT2D eigenvalue weighted by Gasteiger charge is -2.23. The number of nitrogens with one attached hydrogen (secondary N) is 2. The van der Waals surface area contributed by atoms with E-state index >= 15 is 0 Å². The van der Waals surface area contributed by atoms with Crippen molar-refractivity contribution in [3.05, 3.63) is 12.4 Å². The maximum atomic E-state index is 12.1. The molecule has 1 aliphatic rings. The van der Waals surface area contributed by atoms with Crippen molar-refractivity contribution in [1.29, 1.82) is 0 Å². The highest BCUT2D eigenvalue weighted by molar-refractivity contribution is 5.94. The van der Waals surface area contributed by atoms with Gasteiger partial charge in [0.15, 0.2) is 5.54 Å². The van der Waals surface area contributed by atoms with Crippen LogP contribution in [0, 0.1) is 0 Å². The number of amides is 1. The Morgan fingerprint density at radius 2 is 2.30 bits per heavy atom. The molecule has 0 radical (unpaired) electrons. The molecule has 1 aliphatic heterocycles. The quantitative estimate of drug-likeness (QED) is 0.755. The van der Waals surface area contributed by atoms with Crippen LogP contribution < -0.4 is 10.6 Å². The van der Waals surface area contributed by atoms with Crippen LogP contribution >= 0.6 is 12.4 Å². The zero-order valence-electron chi connectivity index (χ0n) is 13.5. The standard InChI is InChI=1S/C14H22N4O4.ClH/c1-4-21-13(20)14(2,3)18-9-10(7-16-18)17-12(19)11-8-15-5-6-22-11;/h7,9,11,15H,4-6,8H2,1-3H3,(H,17,19);1H.